The highest BCUT2D eigenvalue weighted by molar-refractivity contribution is 5.96. The summed E-state index contributed by atoms with van der Waals surface area (Å²) in [6.45, 7) is 4.11. The summed E-state index contributed by atoms with van der Waals surface area (Å²) in [5.41, 5.74) is 4.47. The third-order valence-corrected chi connectivity index (χ3v) is 6.59. The van der Waals surface area contributed by atoms with Crippen LogP contribution in [0.25, 0.3) is 10.8 Å². The summed E-state index contributed by atoms with van der Waals surface area (Å²) in [7, 11) is 0. The van der Waals surface area contributed by atoms with Gasteiger partial charge in [-0.25, -0.2) is 14.4 Å². The van der Waals surface area contributed by atoms with Crippen LogP contribution in [-0.2, 0) is 11.2 Å². The van der Waals surface area contributed by atoms with Gasteiger partial charge >= 0.3 is 17.9 Å². The molecule has 204 valence electrons. The summed E-state index contributed by atoms with van der Waals surface area (Å²) in [4.78, 5) is 37.4. The second-order valence-corrected chi connectivity index (χ2v) is 9.76. The van der Waals surface area contributed by atoms with E-state index in [2.05, 4.69) is 0 Å². The maximum atomic E-state index is 12.7. The van der Waals surface area contributed by atoms with E-state index in [0.717, 1.165) is 27.5 Å². The van der Waals surface area contributed by atoms with E-state index in [1.807, 2.05) is 50.2 Å². The molecule has 5 rings (SSSR count). The fraction of sp³-hybridized carbons (Fsp3) is 0.114. The van der Waals surface area contributed by atoms with Crippen LogP contribution in [0, 0.1) is 13.8 Å². The quantitative estimate of drug-likeness (QED) is 0.151. The number of hydrogen-bond donors (Lipinski definition) is 0. The molecule has 0 aliphatic carbocycles. The smallest absolute Gasteiger partial charge is 0.343 e. The molecule has 0 radical (unpaired) electrons. The highest BCUT2D eigenvalue weighted by atomic mass is 16.5. The topological polar surface area (TPSA) is 78.9 Å². The average molecular weight is 545 g/mol. The van der Waals surface area contributed by atoms with E-state index in [9.17, 15) is 14.4 Å². The SMILES string of the molecule is Cc1ccc(C(=O)Oc2ccc(CCOC(=O)c3ccc4cc(OC(=O)c5ccc(C)cc5)ccc4c3)cc2)cc1. The monoisotopic (exact) mass is 544 g/mol. The Morgan fingerprint density at radius 1 is 0.512 bits per heavy atom. The van der Waals surface area contributed by atoms with Gasteiger partial charge in [0.1, 0.15) is 11.5 Å². The van der Waals surface area contributed by atoms with E-state index in [-0.39, 0.29) is 6.61 Å². The third kappa shape index (κ3) is 7.05. The maximum absolute atomic E-state index is 12.7. The Hall–Kier alpha value is -5.23. The van der Waals surface area contributed by atoms with Gasteiger partial charge in [-0.3, -0.25) is 0 Å². The molecule has 0 atom stereocenters. The highest BCUT2D eigenvalue weighted by Gasteiger charge is 2.12. The molecule has 0 aromatic heterocycles. The van der Waals surface area contributed by atoms with Gasteiger partial charge in [0.05, 0.1) is 23.3 Å². The molecule has 5 aromatic carbocycles. The molecule has 6 nitrogen and oxygen atoms in total. The van der Waals surface area contributed by atoms with Crippen molar-refractivity contribution in [3.8, 4) is 11.5 Å². The minimum atomic E-state index is -0.428. The van der Waals surface area contributed by atoms with Gasteiger partial charge in [-0.1, -0.05) is 59.7 Å². The number of aryl methyl sites for hydroxylation is 2. The molecule has 0 unspecified atom stereocenters. The number of esters is 3. The molecule has 6 heteroatoms. The largest absolute Gasteiger partial charge is 0.462 e. The Labute approximate surface area is 238 Å². The molecule has 0 N–H and O–H groups in total. The van der Waals surface area contributed by atoms with Gasteiger partial charge < -0.3 is 14.2 Å². The van der Waals surface area contributed by atoms with Crippen molar-refractivity contribution in [2.75, 3.05) is 6.61 Å². The zero-order valence-electron chi connectivity index (χ0n) is 22.8. The van der Waals surface area contributed by atoms with Crippen LogP contribution in [-0.4, -0.2) is 24.5 Å². The van der Waals surface area contributed by atoms with Crippen LogP contribution < -0.4 is 9.47 Å². The predicted octanol–water partition coefficient (Wildman–Crippen LogP) is 7.29. The van der Waals surface area contributed by atoms with Gasteiger partial charge in [0.2, 0.25) is 0 Å². The Morgan fingerprint density at radius 3 is 1.61 bits per heavy atom. The number of carbonyl (C=O) groups excluding carboxylic acids is 3. The Kier molecular flexibility index (Phi) is 8.20. The minimum Gasteiger partial charge on any atom is -0.462 e. The molecule has 0 fully saturated rings. The van der Waals surface area contributed by atoms with Crippen LogP contribution >= 0.6 is 0 Å². The van der Waals surface area contributed by atoms with E-state index < -0.39 is 17.9 Å². The standard InChI is InChI=1S/C35H28O6/c1-23-3-9-26(10-4-23)34(37)40-31-16-7-25(8-17-31)19-20-39-33(36)30-14-13-29-22-32(18-15-28(29)21-30)41-35(38)27-11-5-24(2)6-12-27/h3-18,21-22H,19-20H2,1-2H3. The molecule has 0 amide bonds. The number of ether oxygens (including phenoxy) is 3. The van der Waals surface area contributed by atoms with Crippen molar-refractivity contribution >= 4 is 28.7 Å². The summed E-state index contributed by atoms with van der Waals surface area (Å²) in [6.07, 6.45) is 0.515. The van der Waals surface area contributed by atoms with Crippen molar-refractivity contribution < 1.29 is 28.6 Å². The molecule has 0 saturated heterocycles. The second-order valence-electron chi connectivity index (χ2n) is 9.76. The van der Waals surface area contributed by atoms with Gasteiger partial charge in [0.15, 0.2) is 0 Å². The molecular formula is C35H28O6. The van der Waals surface area contributed by atoms with Gasteiger partial charge in [-0.2, -0.15) is 0 Å². The lowest BCUT2D eigenvalue weighted by molar-refractivity contribution is 0.0508. The Bertz CT molecular complexity index is 1700. The van der Waals surface area contributed by atoms with Gasteiger partial charge in [0.25, 0.3) is 0 Å². The number of hydrogen-bond acceptors (Lipinski definition) is 6. The average Bonchev–Trinajstić information content (AvgIpc) is 2.98. The lowest BCUT2D eigenvalue weighted by Gasteiger charge is -2.09. The van der Waals surface area contributed by atoms with Crippen molar-refractivity contribution in [2.24, 2.45) is 0 Å². The molecule has 0 bridgehead atoms. The van der Waals surface area contributed by atoms with Crippen molar-refractivity contribution in [1.29, 1.82) is 0 Å². The zero-order chi connectivity index (χ0) is 28.8. The van der Waals surface area contributed by atoms with Gasteiger partial charge in [-0.15, -0.1) is 0 Å². The summed E-state index contributed by atoms with van der Waals surface area (Å²) in [5, 5.41) is 1.66. The molecule has 5 aromatic rings. The van der Waals surface area contributed by atoms with Crippen molar-refractivity contribution in [1.82, 2.24) is 0 Å². The van der Waals surface area contributed by atoms with E-state index in [1.165, 1.54) is 0 Å². The van der Waals surface area contributed by atoms with Crippen LogP contribution in [0.5, 0.6) is 11.5 Å². The summed E-state index contributed by atoms with van der Waals surface area (Å²) < 4.78 is 16.4. The van der Waals surface area contributed by atoms with Crippen molar-refractivity contribution in [3.05, 3.63) is 143 Å². The van der Waals surface area contributed by atoms with Crippen LogP contribution in [0.15, 0.2) is 109 Å². The first-order chi connectivity index (χ1) is 19.8. The van der Waals surface area contributed by atoms with Crippen molar-refractivity contribution in [2.45, 2.75) is 20.3 Å². The van der Waals surface area contributed by atoms with Crippen LogP contribution in [0.2, 0.25) is 0 Å². The van der Waals surface area contributed by atoms with E-state index in [1.54, 1.807) is 72.8 Å². The molecule has 0 heterocycles. The van der Waals surface area contributed by atoms with Crippen LogP contribution in [0.4, 0.5) is 0 Å². The molecule has 41 heavy (non-hydrogen) atoms. The van der Waals surface area contributed by atoms with Crippen molar-refractivity contribution in [3.63, 3.8) is 0 Å². The highest BCUT2D eigenvalue weighted by Crippen LogP contribution is 2.24. The molecular weight excluding hydrogens is 516 g/mol. The Balaban J connectivity index is 1.13. The summed E-state index contributed by atoms with van der Waals surface area (Å²) in [5.74, 6) is -0.399. The maximum Gasteiger partial charge on any atom is 0.343 e. The number of benzene rings is 5. The fourth-order valence-corrected chi connectivity index (χ4v) is 4.19. The zero-order valence-corrected chi connectivity index (χ0v) is 22.8. The predicted molar refractivity (Wildman–Crippen MR) is 157 cm³/mol. The first kappa shape index (κ1) is 27.3. The van der Waals surface area contributed by atoms with E-state index in [0.29, 0.717) is 34.6 Å². The number of rotatable bonds is 8. The minimum absolute atomic E-state index is 0.202. The summed E-state index contributed by atoms with van der Waals surface area (Å²) in [6, 6.07) is 32.0. The first-order valence-electron chi connectivity index (χ1n) is 13.2. The molecule has 0 saturated carbocycles. The molecule has 0 spiro atoms. The number of fused-ring (bicyclic) bond motifs is 1. The van der Waals surface area contributed by atoms with Gasteiger partial charge in [0, 0.05) is 6.42 Å². The number of carbonyl (C=O) groups is 3. The van der Waals surface area contributed by atoms with Gasteiger partial charge in [-0.05, 0) is 90.8 Å². The van der Waals surface area contributed by atoms with E-state index in [4.69, 9.17) is 14.2 Å². The second kappa shape index (κ2) is 12.3. The third-order valence-electron chi connectivity index (χ3n) is 6.59. The first-order valence-corrected chi connectivity index (χ1v) is 13.2. The normalized spacial score (nSPS) is 10.7. The Morgan fingerprint density at radius 2 is 1.00 bits per heavy atom. The van der Waals surface area contributed by atoms with E-state index >= 15 is 0 Å². The fourth-order valence-electron chi connectivity index (χ4n) is 4.19. The van der Waals surface area contributed by atoms with Crippen LogP contribution in [0.3, 0.4) is 0 Å². The molecule has 0 aliphatic rings. The summed E-state index contributed by atoms with van der Waals surface area (Å²) >= 11 is 0. The lowest BCUT2D eigenvalue weighted by atomic mass is 10.1. The lowest BCUT2D eigenvalue weighted by Crippen LogP contribution is -2.09. The molecule has 0 aliphatic heterocycles. The van der Waals surface area contributed by atoms with Crippen LogP contribution in [0.1, 0.15) is 47.8 Å².